The van der Waals surface area contributed by atoms with E-state index >= 15 is 0 Å². The van der Waals surface area contributed by atoms with Gasteiger partial charge in [0, 0.05) is 11.6 Å². The standard InChI is InChI=1S/C23H27NO6/c1-23(2,3)30-22(26)24-19(21(25)28-5)13-17-11-12-18(27-4)14-20(17)29-15-16-9-7-6-8-10-16/h6-14H,15H2,1-5H3,(H,24,26)/b19-13+. The van der Waals surface area contributed by atoms with Gasteiger partial charge >= 0.3 is 12.1 Å². The summed E-state index contributed by atoms with van der Waals surface area (Å²) in [6, 6.07) is 14.8. The van der Waals surface area contributed by atoms with Crippen molar-refractivity contribution in [3.05, 3.63) is 65.4 Å². The quantitative estimate of drug-likeness (QED) is 0.538. The first-order valence-corrected chi connectivity index (χ1v) is 9.36. The fraction of sp³-hybridized carbons (Fsp3) is 0.304. The number of alkyl carbamates (subject to hydrolysis) is 1. The summed E-state index contributed by atoms with van der Waals surface area (Å²) in [5, 5.41) is 2.44. The predicted octanol–water partition coefficient (Wildman–Crippen LogP) is 4.31. The molecule has 7 nitrogen and oxygen atoms in total. The topological polar surface area (TPSA) is 83.1 Å². The Morgan fingerprint density at radius 2 is 1.73 bits per heavy atom. The molecule has 0 unspecified atom stereocenters. The monoisotopic (exact) mass is 413 g/mol. The number of ether oxygens (including phenoxy) is 4. The van der Waals surface area contributed by atoms with Crippen molar-refractivity contribution in [2.45, 2.75) is 33.0 Å². The Hall–Kier alpha value is -3.48. The summed E-state index contributed by atoms with van der Waals surface area (Å²) >= 11 is 0. The molecule has 0 heterocycles. The molecule has 0 saturated carbocycles. The first-order chi connectivity index (χ1) is 14.2. The van der Waals surface area contributed by atoms with Crippen molar-refractivity contribution in [1.29, 1.82) is 0 Å². The molecule has 1 amide bonds. The zero-order valence-electron chi connectivity index (χ0n) is 17.9. The fourth-order valence-electron chi connectivity index (χ4n) is 2.45. The molecule has 30 heavy (non-hydrogen) atoms. The molecule has 0 bridgehead atoms. The van der Waals surface area contributed by atoms with E-state index in [1.807, 2.05) is 30.3 Å². The molecular weight excluding hydrogens is 386 g/mol. The average molecular weight is 413 g/mol. The van der Waals surface area contributed by atoms with Crippen molar-refractivity contribution in [3.8, 4) is 11.5 Å². The van der Waals surface area contributed by atoms with Gasteiger partial charge in [-0.3, -0.25) is 5.32 Å². The van der Waals surface area contributed by atoms with E-state index in [0.717, 1.165) is 5.56 Å². The third-order valence-corrected chi connectivity index (χ3v) is 3.80. The van der Waals surface area contributed by atoms with Gasteiger partial charge in [-0.1, -0.05) is 30.3 Å². The van der Waals surface area contributed by atoms with Gasteiger partial charge in [-0.2, -0.15) is 0 Å². The van der Waals surface area contributed by atoms with Gasteiger partial charge in [0.1, 0.15) is 29.4 Å². The third kappa shape index (κ3) is 7.16. The largest absolute Gasteiger partial charge is 0.497 e. The summed E-state index contributed by atoms with van der Waals surface area (Å²) in [5.41, 5.74) is 0.745. The highest BCUT2D eigenvalue weighted by molar-refractivity contribution is 5.97. The molecule has 0 saturated heterocycles. The second-order valence-electron chi connectivity index (χ2n) is 7.35. The van der Waals surface area contributed by atoms with Crippen LogP contribution >= 0.6 is 0 Å². The molecule has 0 aliphatic rings. The van der Waals surface area contributed by atoms with Crippen LogP contribution in [0, 0.1) is 0 Å². The van der Waals surface area contributed by atoms with E-state index in [9.17, 15) is 9.59 Å². The van der Waals surface area contributed by atoms with Gasteiger partial charge in [0.15, 0.2) is 0 Å². The molecule has 7 heteroatoms. The Labute approximate surface area is 176 Å². The molecule has 0 atom stereocenters. The SMILES string of the molecule is COC(=O)/C(=C\c1ccc(OC)cc1OCc1ccccc1)NC(=O)OC(C)(C)C. The number of esters is 1. The van der Waals surface area contributed by atoms with E-state index in [4.69, 9.17) is 18.9 Å². The molecule has 0 aliphatic heterocycles. The molecular formula is C23H27NO6. The van der Waals surface area contributed by atoms with Gasteiger partial charge in [-0.25, -0.2) is 9.59 Å². The third-order valence-electron chi connectivity index (χ3n) is 3.80. The van der Waals surface area contributed by atoms with Crippen LogP contribution in [0.5, 0.6) is 11.5 Å². The molecule has 0 aliphatic carbocycles. The van der Waals surface area contributed by atoms with Crippen LogP contribution in [0.1, 0.15) is 31.9 Å². The number of benzene rings is 2. The average Bonchev–Trinajstić information content (AvgIpc) is 2.71. The molecule has 2 rings (SSSR count). The summed E-state index contributed by atoms with van der Waals surface area (Å²) in [5.74, 6) is 0.353. The van der Waals surface area contributed by atoms with Crippen molar-refractivity contribution in [1.82, 2.24) is 5.32 Å². The van der Waals surface area contributed by atoms with Crippen LogP contribution in [0.4, 0.5) is 4.79 Å². The number of carbonyl (C=O) groups excluding carboxylic acids is 2. The Morgan fingerprint density at radius 3 is 2.33 bits per heavy atom. The molecule has 0 radical (unpaired) electrons. The number of nitrogens with one attached hydrogen (secondary N) is 1. The fourth-order valence-corrected chi connectivity index (χ4v) is 2.45. The normalized spacial score (nSPS) is 11.4. The van der Waals surface area contributed by atoms with E-state index in [1.165, 1.54) is 13.2 Å². The lowest BCUT2D eigenvalue weighted by Crippen LogP contribution is -2.34. The van der Waals surface area contributed by atoms with Gasteiger partial charge < -0.3 is 18.9 Å². The van der Waals surface area contributed by atoms with E-state index in [0.29, 0.717) is 23.7 Å². The number of rotatable bonds is 7. The van der Waals surface area contributed by atoms with E-state index in [2.05, 4.69) is 5.32 Å². The summed E-state index contributed by atoms with van der Waals surface area (Å²) in [7, 11) is 2.78. The maximum absolute atomic E-state index is 12.2. The van der Waals surface area contributed by atoms with Gasteiger partial charge in [0.05, 0.1) is 14.2 Å². The number of carbonyl (C=O) groups is 2. The van der Waals surface area contributed by atoms with Crippen LogP contribution in [-0.4, -0.2) is 31.9 Å². The molecule has 0 fully saturated rings. The Morgan fingerprint density at radius 1 is 1.03 bits per heavy atom. The highest BCUT2D eigenvalue weighted by Crippen LogP contribution is 2.28. The number of hydrogen-bond donors (Lipinski definition) is 1. The maximum Gasteiger partial charge on any atom is 0.412 e. The van der Waals surface area contributed by atoms with Crippen molar-refractivity contribution >= 4 is 18.1 Å². The second-order valence-corrected chi connectivity index (χ2v) is 7.35. The number of amides is 1. The van der Waals surface area contributed by atoms with E-state index in [-0.39, 0.29) is 5.70 Å². The van der Waals surface area contributed by atoms with Crippen LogP contribution in [0.3, 0.4) is 0 Å². The van der Waals surface area contributed by atoms with Crippen LogP contribution < -0.4 is 14.8 Å². The van der Waals surface area contributed by atoms with E-state index in [1.54, 1.807) is 46.1 Å². The molecule has 1 N–H and O–H groups in total. The van der Waals surface area contributed by atoms with Gasteiger partial charge in [-0.15, -0.1) is 0 Å². The van der Waals surface area contributed by atoms with Gasteiger partial charge in [0.2, 0.25) is 0 Å². The first-order valence-electron chi connectivity index (χ1n) is 9.36. The Bertz CT molecular complexity index is 900. The number of hydrogen-bond acceptors (Lipinski definition) is 6. The molecule has 2 aromatic rings. The van der Waals surface area contributed by atoms with Crippen molar-refractivity contribution in [3.63, 3.8) is 0 Å². The zero-order valence-corrected chi connectivity index (χ0v) is 17.9. The van der Waals surface area contributed by atoms with E-state index < -0.39 is 17.7 Å². The van der Waals surface area contributed by atoms with Crippen LogP contribution in [-0.2, 0) is 20.9 Å². The lowest BCUT2D eigenvalue weighted by atomic mass is 10.1. The second kappa shape index (κ2) is 10.3. The van der Waals surface area contributed by atoms with Crippen LogP contribution in [0.15, 0.2) is 54.2 Å². The lowest BCUT2D eigenvalue weighted by Gasteiger charge is -2.20. The van der Waals surface area contributed by atoms with Crippen molar-refractivity contribution in [2.24, 2.45) is 0 Å². The minimum Gasteiger partial charge on any atom is -0.497 e. The highest BCUT2D eigenvalue weighted by atomic mass is 16.6. The summed E-state index contributed by atoms with van der Waals surface area (Å²) in [6.45, 7) is 5.51. The van der Waals surface area contributed by atoms with Crippen LogP contribution in [0.25, 0.3) is 6.08 Å². The van der Waals surface area contributed by atoms with Crippen LogP contribution in [0.2, 0.25) is 0 Å². The molecule has 2 aromatic carbocycles. The van der Waals surface area contributed by atoms with Crippen molar-refractivity contribution < 1.29 is 28.5 Å². The molecule has 0 aromatic heterocycles. The maximum atomic E-state index is 12.2. The summed E-state index contributed by atoms with van der Waals surface area (Å²) in [4.78, 5) is 24.3. The predicted molar refractivity (Wildman–Crippen MR) is 113 cm³/mol. The molecule has 0 spiro atoms. The zero-order chi connectivity index (χ0) is 22.1. The smallest absolute Gasteiger partial charge is 0.412 e. The first kappa shape index (κ1) is 22.8. The lowest BCUT2D eigenvalue weighted by molar-refractivity contribution is -0.136. The minimum atomic E-state index is -0.764. The highest BCUT2D eigenvalue weighted by Gasteiger charge is 2.20. The summed E-state index contributed by atoms with van der Waals surface area (Å²) in [6.07, 6.45) is 0.703. The Balaban J connectivity index is 2.33. The minimum absolute atomic E-state index is 0.0820. The van der Waals surface area contributed by atoms with Gasteiger partial charge in [-0.05, 0) is 44.5 Å². The van der Waals surface area contributed by atoms with Gasteiger partial charge in [0.25, 0.3) is 0 Å². The molecule has 160 valence electrons. The number of methoxy groups -OCH3 is 2. The van der Waals surface area contributed by atoms with Crippen molar-refractivity contribution in [2.75, 3.05) is 14.2 Å². The Kier molecular flexibility index (Phi) is 7.86. The summed E-state index contributed by atoms with van der Waals surface area (Å²) < 4.78 is 21.2.